The Labute approximate surface area is 127 Å². The Kier molecular flexibility index (Phi) is 7.79. The predicted octanol–water partition coefficient (Wildman–Crippen LogP) is 1.51. The summed E-state index contributed by atoms with van der Waals surface area (Å²) in [5, 5.41) is 2.89. The quantitative estimate of drug-likeness (QED) is 0.677. The van der Waals surface area contributed by atoms with Crippen LogP contribution in [0, 0.1) is 0 Å². The Morgan fingerprint density at radius 2 is 2.05 bits per heavy atom. The van der Waals surface area contributed by atoms with Crippen LogP contribution < -0.4 is 16.0 Å². The monoisotopic (exact) mass is 293 g/mol. The van der Waals surface area contributed by atoms with E-state index < -0.39 is 0 Å². The highest BCUT2D eigenvalue weighted by atomic mass is 16.5. The van der Waals surface area contributed by atoms with E-state index in [9.17, 15) is 4.79 Å². The van der Waals surface area contributed by atoms with Gasteiger partial charge in [0.1, 0.15) is 6.04 Å². The van der Waals surface area contributed by atoms with Crippen LogP contribution in [0.2, 0.25) is 0 Å². The van der Waals surface area contributed by atoms with Gasteiger partial charge in [-0.25, -0.2) is 0 Å². The van der Waals surface area contributed by atoms with Gasteiger partial charge in [-0.1, -0.05) is 19.1 Å². The summed E-state index contributed by atoms with van der Waals surface area (Å²) in [6.07, 6.45) is 0.980. The number of rotatable bonds is 9. The average molecular weight is 293 g/mol. The number of amides is 1. The van der Waals surface area contributed by atoms with Crippen molar-refractivity contribution in [2.45, 2.75) is 32.9 Å². The molecule has 21 heavy (non-hydrogen) atoms. The van der Waals surface area contributed by atoms with Gasteiger partial charge in [0.2, 0.25) is 5.91 Å². The molecule has 5 nitrogen and oxygen atoms in total. The molecule has 0 spiro atoms. The van der Waals surface area contributed by atoms with Gasteiger partial charge in [0, 0.05) is 32.4 Å². The van der Waals surface area contributed by atoms with Crippen LogP contribution in [0.5, 0.6) is 0 Å². The smallest absolute Gasteiger partial charge is 0.242 e. The number of hydrogen-bond donors (Lipinski definition) is 2. The normalized spacial score (nSPS) is 12.0. The number of methoxy groups -OCH3 is 1. The SMILES string of the molecule is CCCN(c1ccc(CN)cc1)C(C)C(=O)NCCOC. The number of nitrogens with two attached hydrogens (primary N) is 1. The second kappa shape index (κ2) is 9.37. The van der Waals surface area contributed by atoms with Crippen molar-refractivity contribution in [1.82, 2.24) is 5.32 Å². The van der Waals surface area contributed by atoms with Crippen molar-refractivity contribution in [3.8, 4) is 0 Å². The zero-order valence-corrected chi connectivity index (χ0v) is 13.3. The molecule has 5 heteroatoms. The van der Waals surface area contributed by atoms with Crippen molar-refractivity contribution < 1.29 is 9.53 Å². The fraction of sp³-hybridized carbons (Fsp3) is 0.562. The van der Waals surface area contributed by atoms with E-state index in [0.29, 0.717) is 19.7 Å². The molecule has 1 rings (SSSR count). The maximum absolute atomic E-state index is 12.2. The zero-order valence-electron chi connectivity index (χ0n) is 13.3. The summed E-state index contributed by atoms with van der Waals surface area (Å²) < 4.78 is 4.95. The van der Waals surface area contributed by atoms with Crippen molar-refractivity contribution in [1.29, 1.82) is 0 Å². The standard InChI is InChI=1S/C16H27N3O2/c1-4-10-19(13(2)16(20)18-9-11-21-3)15-7-5-14(12-17)6-8-15/h5-8,13H,4,9-12,17H2,1-3H3,(H,18,20). The van der Waals surface area contributed by atoms with Crippen LogP contribution in [0.4, 0.5) is 5.69 Å². The van der Waals surface area contributed by atoms with Gasteiger partial charge < -0.3 is 20.7 Å². The molecule has 0 aliphatic heterocycles. The van der Waals surface area contributed by atoms with Gasteiger partial charge in [-0.05, 0) is 31.0 Å². The van der Waals surface area contributed by atoms with Gasteiger partial charge in [0.05, 0.1) is 6.61 Å². The summed E-state index contributed by atoms with van der Waals surface area (Å²) in [7, 11) is 1.62. The Balaban J connectivity index is 2.76. The van der Waals surface area contributed by atoms with E-state index in [1.54, 1.807) is 7.11 Å². The molecule has 0 heterocycles. The maximum atomic E-state index is 12.2. The molecule has 1 aromatic rings. The number of carbonyl (C=O) groups is 1. The minimum Gasteiger partial charge on any atom is -0.383 e. The fourth-order valence-electron chi connectivity index (χ4n) is 2.18. The van der Waals surface area contributed by atoms with Crippen LogP contribution in [-0.4, -0.2) is 38.8 Å². The van der Waals surface area contributed by atoms with Gasteiger partial charge >= 0.3 is 0 Å². The highest BCUT2D eigenvalue weighted by Gasteiger charge is 2.20. The first-order chi connectivity index (χ1) is 10.1. The van der Waals surface area contributed by atoms with Crippen molar-refractivity contribution >= 4 is 11.6 Å². The lowest BCUT2D eigenvalue weighted by Crippen LogP contribution is -2.46. The van der Waals surface area contributed by atoms with E-state index in [0.717, 1.165) is 24.2 Å². The van der Waals surface area contributed by atoms with E-state index >= 15 is 0 Å². The molecule has 1 amide bonds. The van der Waals surface area contributed by atoms with Crippen molar-refractivity contribution in [2.75, 3.05) is 31.7 Å². The number of hydrogen-bond acceptors (Lipinski definition) is 4. The number of ether oxygens (including phenoxy) is 1. The lowest BCUT2D eigenvalue weighted by Gasteiger charge is -2.30. The topological polar surface area (TPSA) is 67.6 Å². The van der Waals surface area contributed by atoms with Gasteiger partial charge in [-0.2, -0.15) is 0 Å². The molecule has 118 valence electrons. The molecule has 1 aromatic carbocycles. The minimum atomic E-state index is -0.217. The van der Waals surface area contributed by atoms with Gasteiger partial charge in [-0.3, -0.25) is 4.79 Å². The number of nitrogens with one attached hydrogen (secondary N) is 1. The first-order valence-corrected chi connectivity index (χ1v) is 7.46. The van der Waals surface area contributed by atoms with Crippen LogP contribution in [0.1, 0.15) is 25.8 Å². The van der Waals surface area contributed by atoms with E-state index in [-0.39, 0.29) is 11.9 Å². The number of anilines is 1. The van der Waals surface area contributed by atoms with Crippen molar-refractivity contribution in [3.05, 3.63) is 29.8 Å². The second-order valence-electron chi connectivity index (χ2n) is 5.02. The molecule has 0 saturated carbocycles. The summed E-state index contributed by atoms with van der Waals surface area (Å²) in [4.78, 5) is 14.3. The van der Waals surface area contributed by atoms with Gasteiger partial charge in [0.15, 0.2) is 0 Å². The van der Waals surface area contributed by atoms with Gasteiger partial charge in [-0.15, -0.1) is 0 Å². The Morgan fingerprint density at radius 3 is 2.57 bits per heavy atom. The molecular formula is C16H27N3O2. The zero-order chi connectivity index (χ0) is 15.7. The van der Waals surface area contributed by atoms with Crippen LogP contribution in [0.25, 0.3) is 0 Å². The molecular weight excluding hydrogens is 266 g/mol. The molecule has 0 bridgehead atoms. The predicted molar refractivity (Wildman–Crippen MR) is 86.3 cm³/mol. The Morgan fingerprint density at radius 1 is 1.38 bits per heavy atom. The molecule has 0 aliphatic carbocycles. The fourth-order valence-corrected chi connectivity index (χ4v) is 2.18. The molecule has 0 aromatic heterocycles. The van der Waals surface area contributed by atoms with Crippen LogP contribution in [0.3, 0.4) is 0 Å². The largest absolute Gasteiger partial charge is 0.383 e. The van der Waals surface area contributed by atoms with Crippen LogP contribution >= 0.6 is 0 Å². The van der Waals surface area contributed by atoms with Gasteiger partial charge in [0.25, 0.3) is 0 Å². The third kappa shape index (κ3) is 5.36. The molecule has 0 fully saturated rings. The first kappa shape index (κ1) is 17.5. The lowest BCUT2D eigenvalue weighted by molar-refractivity contribution is -0.122. The molecule has 3 N–H and O–H groups in total. The maximum Gasteiger partial charge on any atom is 0.242 e. The van der Waals surface area contributed by atoms with Crippen LogP contribution in [0.15, 0.2) is 24.3 Å². The number of nitrogens with zero attached hydrogens (tertiary/aromatic N) is 1. The Hall–Kier alpha value is -1.59. The number of carbonyl (C=O) groups excluding carboxylic acids is 1. The first-order valence-electron chi connectivity index (χ1n) is 7.46. The summed E-state index contributed by atoms with van der Waals surface area (Å²) in [5.74, 6) is 0.0170. The van der Waals surface area contributed by atoms with E-state index in [1.165, 1.54) is 0 Å². The van der Waals surface area contributed by atoms with E-state index in [4.69, 9.17) is 10.5 Å². The molecule has 0 radical (unpaired) electrons. The molecule has 0 aliphatic rings. The molecule has 0 saturated heterocycles. The summed E-state index contributed by atoms with van der Waals surface area (Å²) in [5.41, 5.74) is 7.76. The summed E-state index contributed by atoms with van der Waals surface area (Å²) in [6, 6.07) is 7.85. The lowest BCUT2D eigenvalue weighted by atomic mass is 10.1. The van der Waals surface area contributed by atoms with Crippen molar-refractivity contribution in [2.24, 2.45) is 5.73 Å². The average Bonchev–Trinajstić information content (AvgIpc) is 2.52. The van der Waals surface area contributed by atoms with E-state index in [1.807, 2.05) is 31.2 Å². The highest BCUT2D eigenvalue weighted by molar-refractivity contribution is 5.84. The third-order valence-corrected chi connectivity index (χ3v) is 3.42. The third-order valence-electron chi connectivity index (χ3n) is 3.42. The van der Waals surface area contributed by atoms with Crippen LogP contribution in [-0.2, 0) is 16.1 Å². The Bertz CT molecular complexity index is 420. The summed E-state index contributed by atoms with van der Waals surface area (Å²) >= 11 is 0. The highest BCUT2D eigenvalue weighted by Crippen LogP contribution is 2.18. The summed E-state index contributed by atoms with van der Waals surface area (Å²) in [6.45, 7) is 6.45. The molecule has 1 atom stereocenters. The minimum absolute atomic E-state index is 0.0170. The van der Waals surface area contributed by atoms with Crippen molar-refractivity contribution in [3.63, 3.8) is 0 Å². The second-order valence-corrected chi connectivity index (χ2v) is 5.02. The molecule has 1 unspecified atom stereocenters. The number of benzene rings is 1. The van der Waals surface area contributed by atoms with E-state index in [2.05, 4.69) is 17.1 Å².